The SMILES string of the molecule is Cc1ccc(C(=O)NC(CF)C(=O)O)c(Br)c1. The molecule has 1 atom stereocenters. The third-order valence-corrected chi connectivity index (χ3v) is 2.78. The number of amides is 1. The summed E-state index contributed by atoms with van der Waals surface area (Å²) in [6.07, 6.45) is 0. The molecule has 2 N–H and O–H groups in total. The molecule has 0 radical (unpaired) electrons. The molecule has 92 valence electrons. The molecule has 1 unspecified atom stereocenters. The first-order chi connectivity index (χ1) is 7.95. The van der Waals surface area contributed by atoms with Crippen LogP contribution in [-0.4, -0.2) is 29.7 Å². The van der Waals surface area contributed by atoms with Gasteiger partial charge < -0.3 is 10.4 Å². The van der Waals surface area contributed by atoms with Crippen molar-refractivity contribution in [2.24, 2.45) is 0 Å². The summed E-state index contributed by atoms with van der Waals surface area (Å²) in [6.45, 7) is 0.707. The van der Waals surface area contributed by atoms with E-state index in [1.807, 2.05) is 6.92 Å². The Hall–Kier alpha value is -1.43. The van der Waals surface area contributed by atoms with Crippen LogP contribution < -0.4 is 5.32 Å². The standard InChI is InChI=1S/C11H11BrFNO3/c1-6-2-3-7(8(12)4-6)10(15)14-9(5-13)11(16)17/h2-4,9H,5H2,1H3,(H,14,15)(H,16,17). The molecular formula is C11H11BrFNO3. The first kappa shape index (κ1) is 13.6. The number of hydrogen-bond donors (Lipinski definition) is 2. The molecule has 1 rings (SSSR count). The lowest BCUT2D eigenvalue weighted by Gasteiger charge is -2.11. The molecule has 4 nitrogen and oxygen atoms in total. The maximum absolute atomic E-state index is 12.3. The molecule has 0 saturated heterocycles. The molecule has 17 heavy (non-hydrogen) atoms. The van der Waals surface area contributed by atoms with Crippen molar-refractivity contribution in [1.29, 1.82) is 0 Å². The average Bonchev–Trinajstić information content (AvgIpc) is 2.24. The molecule has 0 saturated carbocycles. The molecule has 0 fully saturated rings. The van der Waals surface area contributed by atoms with Crippen LogP contribution in [0.25, 0.3) is 0 Å². The largest absolute Gasteiger partial charge is 0.480 e. The molecule has 6 heteroatoms. The lowest BCUT2D eigenvalue weighted by atomic mass is 10.1. The molecule has 0 aliphatic rings. The summed E-state index contributed by atoms with van der Waals surface area (Å²) < 4.78 is 12.9. The highest BCUT2D eigenvalue weighted by Gasteiger charge is 2.21. The molecular weight excluding hydrogens is 293 g/mol. The minimum atomic E-state index is -1.52. The minimum Gasteiger partial charge on any atom is -0.480 e. The van der Waals surface area contributed by atoms with E-state index in [1.165, 1.54) is 0 Å². The highest BCUT2D eigenvalue weighted by atomic mass is 79.9. The van der Waals surface area contributed by atoms with Gasteiger partial charge in [-0.2, -0.15) is 0 Å². The summed E-state index contributed by atoms with van der Waals surface area (Å²) in [7, 11) is 0. The summed E-state index contributed by atoms with van der Waals surface area (Å²) >= 11 is 3.19. The molecule has 0 aromatic heterocycles. The van der Waals surface area contributed by atoms with Gasteiger partial charge in [0.1, 0.15) is 6.67 Å². The fourth-order valence-electron chi connectivity index (χ4n) is 1.21. The zero-order valence-electron chi connectivity index (χ0n) is 9.04. The van der Waals surface area contributed by atoms with Crippen molar-refractivity contribution >= 4 is 27.8 Å². The maximum Gasteiger partial charge on any atom is 0.328 e. The van der Waals surface area contributed by atoms with Gasteiger partial charge >= 0.3 is 5.97 Å². The van der Waals surface area contributed by atoms with Gasteiger partial charge in [-0.1, -0.05) is 6.07 Å². The van der Waals surface area contributed by atoms with Crippen LogP contribution in [0.15, 0.2) is 22.7 Å². The van der Waals surface area contributed by atoms with Crippen LogP contribution in [0.4, 0.5) is 4.39 Å². The summed E-state index contributed by atoms with van der Waals surface area (Å²) in [6, 6.07) is 3.47. The zero-order chi connectivity index (χ0) is 13.0. The molecule has 0 bridgehead atoms. The van der Waals surface area contributed by atoms with E-state index in [-0.39, 0.29) is 5.56 Å². The van der Waals surface area contributed by atoms with Crippen molar-refractivity contribution in [2.45, 2.75) is 13.0 Å². The fourth-order valence-corrected chi connectivity index (χ4v) is 1.88. The third-order valence-electron chi connectivity index (χ3n) is 2.13. The Kier molecular flexibility index (Phi) is 4.62. The molecule has 1 aromatic carbocycles. The second-order valence-electron chi connectivity index (χ2n) is 3.50. The minimum absolute atomic E-state index is 0.273. The van der Waals surface area contributed by atoms with Gasteiger partial charge in [0.15, 0.2) is 6.04 Å². The number of nitrogens with one attached hydrogen (secondary N) is 1. The van der Waals surface area contributed by atoms with E-state index in [2.05, 4.69) is 21.2 Å². The van der Waals surface area contributed by atoms with Crippen LogP contribution >= 0.6 is 15.9 Å². The van der Waals surface area contributed by atoms with E-state index in [4.69, 9.17) is 5.11 Å². The van der Waals surface area contributed by atoms with Crippen molar-refractivity contribution in [3.05, 3.63) is 33.8 Å². The Morgan fingerprint density at radius 2 is 2.18 bits per heavy atom. The van der Waals surface area contributed by atoms with Crippen LogP contribution in [-0.2, 0) is 4.79 Å². The second-order valence-corrected chi connectivity index (χ2v) is 4.36. The highest BCUT2D eigenvalue weighted by Crippen LogP contribution is 2.18. The van der Waals surface area contributed by atoms with Gasteiger partial charge in [0.2, 0.25) is 0 Å². The Morgan fingerprint density at radius 1 is 1.53 bits per heavy atom. The summed E-state index contributed by atoms with van der Waals surface area (Å²) in [5, 5.41) is 10.7. The first-order valence-corrected chi connectivity index (χ1v) is 5.60. The number of aliphatic carboxylic acids is 1. The molecule has 0 heterocycles. The Morgan fingerprint density at radius 3 is 2.65 bits per heavy atom. The van der Waals surface area contributed by atoms with Crippen LogP contribution in [0.1, 0.15) is 15.9 Å². The van der Waals surface area contributed by atoms with Gasteiger partial charge in [-0.05, 0) is 40.5 Å². The van der Waals surface area contributed by atoms with E-state index < -0.39 is 24.6 Å². The zero-order valence-corrected chi connectivity index (χ0v) is 10.6. The monoisotopic (exact) mass is 303 g/mol. The second kappa shape index (κ2) is 5.77. The summed E-state index contributed by atoms with van der Waals surface area (Å²) in [5.74, 6) is -2.02. The van der Waals surface area contributed by atoms with Gasteiger partial charge in [0.05, 0.1) is 5.56 Å². The quantitative estimate of drug-likeness (QED) is 0.893. The number of carbonyl (C=O) groups is 2. The number of halogens is 2. The summed E-state index contributed by atoms with van der Waals surface area (Å²) in [5.41, 5.74) is 1.23. The van der Waals surface area contributed by atoms with Crippen molar-refractivity contribution in [1.82, 2.24) is 5.32 Å². The van der Waals surface area contributed by atoms with Crippen molar-refractivity contribution in [2.75, 3.05) is 6.67 Å². The first-order valence-electron chi connectivity index (χ1n) is 4.81. The van der Waals surface area contributed by atoms with Crippen molar-refractivity contribution in [3.8, 4) is 0 Å². The van der Waals surface area contributed by atoms with E-state index in [0.29, 0.717) is 4.47 Å². The average molecular weight is 304 g/mol. The van der Waals surface area contributed by atoms with E-state index >= 15 is 0 Å². The number of alkyl halides is 1. The van der Waals surface area contributed by atoms with Gasteiger partial charge in [0.25, 0.3) is 5.91 Å². The van der Waals surface area contributed by atoms with Crippen LogP contribution in [0, 0.1) is 6.92 Å². The number of aryl methyl sites for hydroxylation is 1. The van der Waals surface area contributed by atoms with Crippen molar-refractivity contribution < 1.29 is 19.1 Å². The van der Waals surface area contributed by atoms with Crippen molar-refractivity contribution in [3.63, 3.8) is 0 Å². The van der Waals surface area contributed by atoms with Crippen LogP contribution in [0.3, 0.4) is 0 Å². The number of carboxylic acid groups (broad SMARTS) is 1. The maximum atomic E-state index is 12.3. The fraction of sp³-hybridized carbons (Fsp3) is 0.273. The highest BCUT2D eigenvalue weighted by molar-refractivity contribution is 9.10. The molecule has 0 aliphatic carbocycles. The molecule has 1 amide bonds. The molecule has 1 aromatic rings. The van der Waals surface area contributed by atoms with Gasteiger partial charge in [0, 0.05) is 4.47 Å². The normalized spacial score (nSPS) is 11.9. The van der Waals surface area contributed by atoms with Crippen LogP contribution in [0.5, 0.6) is 0 Å². The molecule has 0 aliphatic heterocycles. The number of benzene rings is 1. The predicted octanol–water partition coefficient (Wildman–Crippen LogP) is 1.91. The van der Waals surface area contributed by atoms with E-state index in [1.54, 1.807) is 18.2 Å². The van der Waals surface area contributed by atoms with E-state index in [0.717, 1.165) is 5.56 Å². The van der Waals surface area contributed by atoms with Gasteiger partial charge in [-0.3, -0.25) is 4.79 Å². The van der Waals surface area contributed by atoms with Gasteiger partial charge in [-0.25, -0.2) is 9.18 Å². The number of carboxylic acids is 1. The van der Waals surface area contributed by atoms with Crippen LogP contribution in [0.2, 0.25) is 0 Å². The predicted molar refractivity (Wildman–Crippen MR) is 63.7 cm³/mol. The lowest BCUT2D eigenvalue weighted by Crippen LogP contribution is -2.42. The van der Waals surface area contributed by atoms with Gasteiger partial charge in [-0.15, -0.1) is 0 Å². The number of rotatable bonds is 4. The van der Waals surface area contributed by atoms with E-state index in [9.17, 15) is 14.0 Å². The topological polar surface area (TPSA) is 66.4 Å². The number of carbonyl (C=O) groups excluding carboxylic acids is 1. The number of hydrogen-bond acceptors (Lipinski definition) is 2. The Balaban J connectivity index is 2.86. The third kappa shape index (κ3) is 3.52. The molecule has 0 spiro atoms. The lowest BCUT2D eigenvalue weighted by molar-refractivity contribution is -0.139. The smallest absolute Gasteiger partial charge is 0.328 e. The summed E-state index contributed by atoms with van der Waals surface area (Å²) in [4.78, 5) is 22.2. The Bertz CT molecular complexity index is 450. The Labute approximate surface area is 106 Å².